The Morgan fingerprint density at radius 2 is 2.40 bits per heavy atom. The summed E-state index contributed by atoms with van der Waals surface area (Å²) in [6.07, 6.45) is 1.18. The molecule has 1 aromatic carbocycles. The van der Waals surface area contributed by atoms with E-state index in [0.29, 0.717) is 5.56 Å². The molecule has 0 aromatic heterocycles. The minimum atomic E-state index is 0.0695. The largest absolute Gasteiger partial charge is 0.486 e. The molecule has 1 aliphatic heterocycles. The summed E-state index contributed by atoms with van der Waals surface area (Å²) in [7, 11) is 0. The molecule has 80 valence electrons. The van der Waals surface area contributed by atoms with E-state index in [4.69, 9.17) is 4.74 Å². The smallest absolute Gasteiger partial charge is 0.159 e. The Balaban J connectivity index is 2.30. The second-order valence-electron chi connectivity index (χ2n) is 3.80. The quantitative estimate of drug-likeness (QED) is 0.754. The van der Waals surface area contributed by atoms with Crippen LogP contribution in [0.3, 0.4) is 0 Å². The highest BCUT2D eigenvalue weighted by Gasteiger charge is 2.18. The van der Waals surface area contributed by atoms with Crippen molar-refractivity contribution in [3.63, 3.8) is 0 Å². The highest BCUT2D eigenvalue weighted by Crippen LogP contribution is 2.30. The van der Waals surface area contributed by atoms with E-state index in [0.717, 1.165) is 24.4 Å². The zero-order valence-corrected chi connectivity index (χ0v) is 9.04. The highest BCUT2D eigenvalue weighted by atomic mass is 16.5. The number of carbonyl (C=O) groups is 1. The average Bonchev–Trinajstić information content (AvgIpc) is 2.27. The van der Waals surface area contributed by atoms with Crippen LogP contribution in [0.2, 0.25) is 0 Å². The number of fused-ring (bicyclic) bond motifs is 1. The first-order valence-electron chi connectivity index (χ1n) is 5.26. The van der Waals surface area contributed by atoms with Gasteiger partial charge in [0.05, 0.1) is 12.2 Å². The Kier molecular flexibility index (Phi) is 2.62. The summed E-state index contributed by atoms with van der Waals surface area (Å²) < 4.78 is 5.76. The Bertz CT molecular complexity index is 387. The number of rotatable bonds is 2. The van der Waals surface area contributed by atoms with Crippen LogP contribution in [-0.2, 0) is 0 Å². The standard InChI is InChI=1S/C12H15NO2/c1-3-10-7-13-11-5-4-9(8(2)14)6-12(11)15-10/h4-6,10,13H,3,7H2,1-2H3. The second-order valence-corrected chi connectivity index (χ2v) is 3.80. The normalized spacial score (nSPS) is 18.7. The van der Waals surface area contributed by atoms with Gasteiger partial charge in [0.15, 0.2) is 5.78 Å². The molecule has 15 heavy (non-hydrogen) atoms. The van der Waals surface area contributed by atoms with Gasteiger partial charge in [-0.15, -0.1) is 0 Å². The molecule has 2 rings (SSSR count). The predicted octanol–water partition coefficient (Wildman–Crippen LogP) is 2.47. The molecule has 0 bridgehead atoms. The third-order valence-corrected chi connectivity index (χ3v) is 2.66. The maximum absolute atomic E-state index is 11.2. The van der Waals surface area contributed by atoms with Crippen LogP contribution in [-0.4, -0.2) is 18.4 Å². The zero-order valence-electron chi connectivity index (χ0n) is 9.04. The SMILES string of the molecule is CCC1CNc2ccc(C(C)=O)cc2O1. The van der Waals surface area contributed by atoms with E-state index in [1.807, 2.05) is 18.2 Å². The molecular formula is C12H15NO2. The Morgan fingerprint density at radius 1 is 1.60 bits per heavy atom. The van der Waals surface area contributed by atoms with E-state index in [9.17, 15) is 4.79 Å². The van der Waals surface area contributed by atoms with Crippen LogP contribution in [0.4, 0.5) is 5.69 Å². The van der Waals surface area contributed by atoms with Crippen molar-refractivity contribution in [2.24, 2.45) is 0 Å². The monoisotopic (exact) mass is 205 g/mol. The van der Waals surface area contributed by atoms with Crippen LogP contribution in [0.15, 0.2) is 18.2 Å². The van der Waals surface area contributed by atoms with Crippen LogP contribution in [0.1, 0.15) is 30.6 Å². The lowest BCUT2D eigenvalue weighted by Gasteiger charge is -2.26. The van der Waals surface area contributed by atoms with Gasteiger partial charge in [-0.05, 0) is 31.5 Å². The summed E-state index contributed by atoms with van der Waals surface area (Å²) in [6.45, 7) is 4.49. The number of carbonyl (C=O) groups excluding carboxylic acids is 1. The van der Waals surface area contributed by atoms with Gasteiger partial charge in [0.2, 0.25) is 0 Å². The molecule has 0 amide bonds. The van der Waals surface area contributed by atoms with Crippen molar-refractivity contribution in [2.75, 3.05) is 11.9 Å². The maximum atomic E-state index is 11.2. The van der Waals surface area contributed by atoms with E-state index in [-0.39, 0.29) is 11.9 Å². The number of hydrogen-bond acceptors (Lipinski definition) is 3. The fourth-order valence-electron chi connectivity index (χ4n) is 1.66. The molecule has 1 atom stereocenters. The van der Waals surface area contributed by atoms with Gasteiger partial charge in [0, 0.05) is 5.56 Å². The third kappa shape index (κ3) is 1.96. The first kappa shape index (κ1) is 10.0. The molecule has 0 spiro atoms. The van der Waals surface area contributed by atoms with Crippen LogP contribution in [0, 0.1) is 0 Å². The van der Waals surface area contributed by atoms with Crippen molar-refractivity contribution in [1.82, 2.24) is 0 Å². The summed E-state index contributed by atoms with van der Waals surface area (Å²) in [5.41, 5.74) is 1.68. The fraction of sp³-hybridized carbons (Fsp3) is 0.417. The average molecular weight is 205 g/mol. The zero-order chi connectivity index (χ0) is 10.8. The van der Waals surface area contributed by atoms with Gasteiger partial charge in [-0.25, -0.2) is 0 Å². The van der Waals surface area contributed by atoms with E-state index in [1.165, 1.54) is 0 Å². The molecule has 1 aliphatic rings. The number of hydrogen-bond donors (Lipinski definition) is 1. The number of benzene rings is 1. The predicted molar refractivity (Wildman–Crippen MR) is 59.6 cm³/mol. The molecule has 1 heterocycles. The number of nitrogens with one attached hydrogen (secondary N) is 1. The lowest BCUT2D eigenvalue weighted by atomic mass is 10.1. The Hall–Kier alpha value is -1.51. The van der Waals surface area contributed by atoms with Gasteiger partial charge in [-0.3, -0.25) is 4.79 Å². The van der Waals surface area contributed by atoms with Gasteiger partial charge in [-0.1, -0.05) is 6.92 Å². The topological polar surface area (TPSA) is 38.3 Å². The molecule has 0 fully saturated rings. The molecule has 1 N–H and O–H groups in total. The minimum absolute atomic E-state index is 0.0695. The van der Waals surface area contributed by atoms with E-state index < -0.39 is 0 Å². The Labute approximate surface area is 89.4 Å². The van der Waals surface area contributed by atoms with Crippen LogP contribution >= 0.6 is 0 Å². The lowest BCUT2D eigenvalue weighted by Crippen LogP contribution is -2.30. The van der Waals surface area contributed by atoms with E-state index in [2.05, 4.69) is 12.2 Å². The van der Waals surface area contributed by atoms with Gasteiger partial charge in [0.25, 0.3) is 0 Å². The number of Topliss-reactive ketones (excluding diaryl/α,β-unsaturated/α-hetero) is 1. The van der Waals surface area contributed by atoms with Crippen molar-refractivity contribution in [1.29, 1.82) is 0 Å². The number of ketones is 1. The van der Waals surface area contributed by atoms with Gasteiger partial charge < -0.3 is 10.1 Å². The molecule has 0 saturated carbocycles. The Morgan fingerprint density at radius 3 is 3.07 bits per heavy atom. The van der Waals surface area contributed by atoms with Gasteiger partial charge in [0.1, 0.15) is 11.9 Å². The van der Waals surface area contributed by atoms with Crippen LogP contribution in [0.25, 0.3) is 0 Å². The minimum Gasteiger partial charge on any atom is -0.486 e. The van der Waals surface area contributed by atoms with Gasteiger partial charge in [-0.2, -0.15) is 0 Å². The summed E-state index contributed by atoms with van der Waals surface area (Å²) in [4.78, 5) is 11.2. The summed E-state index contributed by atoms with van der Waals surface area (Å²) in [6, 6.07) is 5.54. The number of anilines is 1. The summed E-state index contributed by atoms with van der Waals surface area (Å²) in [5, 5.41) is 3.29. The van der Waals surface area contributed by atoms with Crippen molar-refractivity contribution in [3.05, 3.63) is 23.8 Å². The first-order chi connectivity index (χ1) is 7.20. The van der Waals surface area contributed by atoms with Crippen LogP contribution < -0.4 is 10.1 Å². The van der Waals surface area contributed by atoms with Crippen molar-refractivity contribution in [2.45, 2.75) is 26.4 Å². The molecule has 0 saturated heterocycles. The summed E-state index contributed by atoms with van der Waals surface area (Å²) in [5.74, 6) is 0.862. The van der Waals surface area contributed by atoms with E-state index >= 15 is 0 Å². The molecule has 3 nitrogen and oxygen atoms in total. The molecule has 3 heteroatoms. The first-order valence-corrected chi connectivity index (χ1v) is 5.26. The van der Waals surface area contributed by atoms with Crippen molar-refractivity contribution in [3.8, 4) is 5.75 Å². The molecule has 0 radical (unpaired) electrons. The molecule has 1 aromatic rings. The molecule has 1 unspecified atom stereocenters. The van der Waals surface area contributed by atoms with Crippen molar-refractivity contribution >= 4 is 11.5 Å². The van der Waals surface area contributed by atoms with E-state index in [1.54, 1.807) is 6.92 Å². The molecular weight excluding hydrogens is 190 g/mol. The highest BCUT2D eigenvalue weighted by molar-refractivity contribution is 5.95. The molecule has 0 aliphatic carbocycles. The van der Waals surface area contributed by atoms with Crippen LogP contribution in [0.5, 0.6) is 5.75 Å². The second kappa shape index (κ2) is 3.93. The lowest BCUT2D eigenvalue weighted by molar-refractivity contribution is 0.101. The number of ether oxygens (including phenoxy) is 1. The van der Waals surface area contributed by atoms with Crippen molar-refractivity contribution < 1.29 is 9.53 Å². The van der Waals surface area contributed by atoms with Gasteiger partial charge >= 0.3 is 0 Å². The summed E-state index contributed by atoms with van der Waals surface area (Å²) >= 11 is 0. The maximum Gasteiger partial charge on any atom is 0.159 e. The fourth-order valence-corrected chi connectivity index (χ4v) is 1.66. The third-order valence-electron chi connectivity index (χ3n) is 2.66.